The first-order valence-corrected chi connectivity index (χ1v) is 11.6. The highest BCUT2D eigenvalue weighted by atomic mass is 16.5. The van der Waals surface area contributed by atoms with E-state index in [2.05, 4.69) is 0 Å². The maximum atomic E-state index is 13.3. The molecule has 7 nitrogen and oxygen atoms in total. The van der Waals surface area contributed by atoms with Crippen molar-refractivity contribution in [3.05, 3.63) is 59.2 Å². The van der Waals surface area contributed by atoms with Crippen LogP contribution in [-0.4, -0.2) is 40.9 Å². The molecule has 2 atom stereocenters. The highest BCUT2D eigenvalue weighted by Gasteiger charge is 2.41. The third kappa shape index (κ3) is 4.87. The lowest BCUT2D eigenvalue weighted by atomic mass is 9.73. The van der Waals surface area contributed by atoms with Crippen molar-refractivity contribution in [2.75, 3.05) is 13.2 Å². The van der Waals surface area contributed by atoms with E-state index in [0.717, 1.165) is 42.5 Å². The van der Waals surface area contributed by atoms with E-state index >= 15 is 0 Å². The van der Waals surface area contributed by atoms with Gasteiger partial charge in [0.25, 0.3) is 0 Å². The molecule has 0 aromatic heterocycles. The predicted octanol–water partition coefficient (Wildman–Crippen LogP) is 4.74. The molecule has 1 aliphatic carbocycles. The van der Waals surface area contributed by atoms with Crippen LogP contribution >= 0.6 is 0 Å². The second-order valence-corrected chi connectivity index (χ2v) is 8.41. The number of hydrogen-bond donors (Lipinski definition) is 1. The van der Waals surface area contributed by atoms with E-state index in [-0.39, 0.29) is 23.3 Å². The van der Waals surface area contributed by atoms with E-state index in [1.807, 2.05) is 32.0 Å². The number of rotatable bonds is 8. The Bertz CT molecular complexity index is 1050. The first-order valence-electron chi connectivity index (χ1n) is 11.6. The summed E-state index contributed by atoms with van der Waals surface area (Å²) < 4.78 is 11.5. The number of carboxylic acid groups (broad SMARTS) is 1. The van der Waals surface area contributed by atoms with Crippen molar-refractivity contribution in [3.63, 3.8) is 0 Å². The van der Waals surface area contributed by atoms with Gasteiger partial charge in [-0.05, 0) is 62.6 Å². The van der Waals surface area contributed by atoms with E-state index in [4.69, 9.17) is 19.7 Å². The highest BCUT2D eigenvalue weighted by molar-refractivity contribution is 6.07. The van der Waals surface area contributed by atoms with Crippen molar-refractivity contribution in [1.82, 2.24) is 5.01 Å². The fourth-order valence-corrected chi connectivity index (χ4v) is 4.72. The summed E-state index contributed by atoms with van der Waals surface area (Å²) in [7, 11) is 0. The number of benzene rings is 2. The minimum absolute atomic E-state index is 0.0433. The van der Waals surface area contributed by atoms with Crippen LogP contribution in [0.2, 0.25) is 0 Å². The van der Waals surface area contributed by atoms with Crippen molar-refractivity contribution < 1.29 is 24.2 Å². The number of amides is 1. The van der Waals surface area contributed by atoms with Crippen molar-refractivity contribution in [3.8, 4) is 11.5 Å². The van der Waals surface area contributed by atoms with E-state index in [9.17, 15) is 9.59 Å². The average Bonchev–Trinajstić information content (AvgIpc) is 2.83. The predicted molar refractivity (Wildman–Crippen MR) is 125 cm³/mol. The Morgan fingerprint density at radius 3 is 2.33 bits per heavy atom. The molecular weight excluding hydrogens is 420 g/mol. The third-order valence-electron chi connectivity index (χ3n) is 6.29. The van der Waals surface area contributed by atoms with Gasteiger partial charge in [0.15, 0.2) is 11.5 Å². The largest absolute Gasteiger partial charge is 0.490 e. The highest BCUT2D eigenvalue weighted by Crippen LogP contribution is 2.39. The Hall–Kier alpha value is -3.35. The molecule has 7 heteroatoms. The Kier molecular flexibility index (Phi) is 6.96. The number of nitrogens with zero attached hydrogens (tertiary/aromatic N) is 2. The molecule has 0 bridgehead atoms. The van der Waals surface area contributed by atoms with Gasteiger partial charge in [0, 0.05) is 17.4 Å². The summed E-state index contributed by atoms with van der Waals surface area (Å²) in [6.07, 6.45) is 3.91. The first kappa shape index (κ1) is 22.8. The molecule has 174 valence electrons. The summed E-state index contributed by atoms with van der Waals surface area (Å²) in [6, 6.07) is 12.5. The Morgan fingerprint density at radius 2 is 1.67 bits per heavy atom. The second kappa shape index (κ2) is 10.1. The number of ether oxygens (including phenoxy) is 2. The summed E-state index contributed by atoms with van der Waals surface area (Å²) in [6.45, 7) is 5.26. The van der Waals surface area contributed by atoms with Crippen LogP contribution in [0.3, 0.4) is 0 Å². The van der Waals surface area contributed by atoms with Gasteiger partial charge in [0.1, 0.15) is 0 Å². The van der Waals surface area contributed by atoms with Gasteiger partial charge in [-0.1, -0.05) is 25.0 Å². The fraction of sp³-hybridized carbons (Fsp3) is 0.423. The zero-order valence-electron chi connectivity index (χ0n) is 19.1. The van der Waals surface area contributed by atoms with Crippen molar-refractivity contribution in [2.24, 2.45) is 16.9 Å². The summed E-state index contributed by atoms with van der Waals surface area (Å²) in [5.74, 6) is 0.449. The lowest BCUT2D eigenvalue weighted by molar-refractivity contribution is -0.139. The van der Waals surface area contributed by atoms with E-state index in [0.29, 0.717) is 31.3 Å². The molecule has 33 heavy (non-hydrogen) atoms. The first-order chi connectivity index (χ1) is 16.0. The zero-order chi connectivity index (χ0) is 23.4. The van der Waals surface area contributed by atoms with E-state index in [1.165, 1.54) is 0 Å². The minimum Gasteiger partial charge on any atom is -0.490 e. The molecule has 0 radical (unpaired) electrons. The molecule has 1 aliphatic heterocycles. The molecule has 1 N–H and O–H groups in total. The summed E-state index contributed by atoms with van der Waals surface area (Å²) in [4.78, 5) is 24.4. The van der Waals surface area contributed by atoms with Gasteiger partial charge in [-0.15, -0.1) is 0 Å². The Balaban J connectivity index is 1.69. The topological polar surface area (TPSA) is 88.4 Å². The average molecular weight is 451 g/mol. The maximum Gasteiger partial charge on any atom is 0.335 e. The van der Waals surface area contributed by atoms with Gasteiger partial charge in [0.05, 0.1) is 31.0 Å². The molecule has 2 aromatic carbocycles. The molecule has 2 unspecified atom stereocenters. The van der Waals surface area contributed by atoms with Gasteiger partial charge in [-0.2, -0.15) is 5.10 Å². The number of carboxylic acids is 1. The quantitative estimate of drug-likeness (QED) is 0.628. The van der Waals surface area contributed by atoms with Crippen LogP contribution in [0.25, 0.3) is 0 Å². The van der Waals surface area contributed by atoms with Crippen LogP contribution in [0.1, 0.15) is 61.0 Å². The standard InChI is InChI=1S/C26H30N2O5/c1-3-32-22-14-13-19(15-23(22)33-4-2)24-20-7-5-6-8-21(20)25(29)28(27-24)16-17-9-11-18(12-10-17)26(30)31/h9-15,20-21H,3-8,16H2,1-2H3,(H,30,31). The SMILES string of the molecule is CCOc1ccc(C2=NN(Cc3ccc(C(=O)O)cc3)C(=O)C3CCCCC23)cc1OCC. The minimum atomic E-state index is -0.971. The fourth-order valence-electron chi connectivity index (χ4n) is 4.72. The third-order valence-corrected chi connectivity index (χ3v) is 6.29. The van der Waals surface area contributed by atoms with Crippen LogP contribution in [0.5, 0.6) is 11.5 Å². The summed E-state index contributed by atoms with van der Waals surface area (Å²) >= 11 is 0. The lowest BCUT2D eigenvalue weighted by Gasteiger charge is -2.38. The zero-order valence-corrected chi connectivity index (χ0v) is 19.1. The monoisotopic (exact) mass is 450 g/mol. The maximum absolute atomic E-state index is 13.3. The normalized spacial score (nSPS) is 20.1. The molecule has 1 amide bonds. The molecule has 2 aliphatic rings. The van der Waals surface area contributed by atoms with Crippen LogP contribution in [0.4, 0.5) is 0 Å². The summed E-state index contributed by atoms with van der Waals surface area (Å²) in [5.41, 5.74) is 2.91. The van der Waals surface area contributed by atoms with Gasteiger partial charge < -0.3 is 14.6 Å². The molecule has 0 saturated heterocycles. The number of fused-ring (bicyclic) bond motifs is 1. The molecule has 1 saturated carbocycles. The molecule has 0 spiro atoms. The van der Waals surface area contributed by atoms with Crippen LogP contribution in [0.15, 0.2) is 47.6 Å². The van der Waals surface area contributed by atoms with Gasteiger partial charge >= 0.3 is 5.97 Å². The molecule has 2 aromatic rings. The summed E-state index contributed by atoms with van der Waals surface area (Å²) in [5, 5.41) is 15.5. The molecule has 1 heterocycles. The van der Waals surface area contributed by atoms with E-state index < -0.39 is 5.97 Å². The number of carbonyl (C=O) groups excluding carboxylic acids is 1. The molecule has 4 rings (SSSR count). The van der Waals surface area contributed by atoms with Crippen LogP contribution < -0.4 is 9.47 Å². The Morgan fingerprint density at radius 1 is 1.00 bits per heavy atom. The van der Waals surface area contributed by atoms with Crippen molar-refractivity contribution in [2.45, 2.75) is 46.1 Å². The van der Waals surface area contributed by atoms with Crippen LogP contribution in [-0.2, 0) is 11.3 Å². The van der Waals surface area contributed by atoms with Crippen molar-refractivity contribution in [1.29, 1.82) is 0 Å². The van der Waals surface area contributed by atoms with Gasteiger partial charge in [-0.25, -0.2) is 9.80 Å². The van der Waals surface area contributed by atoms with Gasteiger partial charge in [-0.3, -0.25) is 4.79 Å². The lowest BCUT2D eigenvalue weighted by Crippen LogP contribution is -2.45. The number of aromatic carboxylic acids is 1. The molecular formula is C26H30N2O5. The van der Waals surface area contributed by atoms with E-state index in [1.54, 1.807) is 29.3 Å². The second-order valence-electron chi connectivity index (χ2n) is 8.41. The number of hydrazone groups is 1. The number of carbonyl (C=O) groups is 2. The van der Waals surface area contributed by atoms with Gasteiger partial charge in [0.2, 0.25) is 5.91 Å². The van der Waals surface area contributed by atoms with Crippen molar-refractivity contribution >= 4 is 17.6 Å². The molecule has 1 fully saturated rings. The smallest absolute Gasteiger partial charge is 0.335 e. The number of hydrogen-bond acceptors (Lipinski definition) is 5. The van der Waals surface area contributed by atoms with Crippen LogP contribution in [0, 0.1) is 11.8 Å². The Labute approximate surface area is 194 Å².